The van der Waals surface area contributed by atoms with E-state index in [0.717, 1.165) is 36.5 Å². The third-order valence-electron chi connectivity index (χ3n) is 5.28. The molecule has 0 aliphatic carbocycles. The maximum Gasteiger partial charge on any atom is 0.416 e. The number of likely N-dealkylation sites (tertiary alicyclic amines) is 1. The largest absolute Gasteiger partial charge is 0.416 e. The van der Waals surface area contributed by atoms with Crippen molar-refractivity contribution in [3.63, 3.8) is 0 Å². The van der Waals surface area contributed by atoms with Gasteiger partial charge < -0.3 is 5.73 Å². The molecule has 3 N–H and O–H groups in total. The Bertz CT molecular complexity index is 925. The van der Waals surface area contributed by atoms with Crippen molar-refractivity contribution in [1.82, 2.24) is 15.1 Å². The van der Waals surface area contributed by atoms with E-state index in [-0.39, 0.29) is 24.4 Å². The first-order chi connectivity index (χ1) is 13.4. The third-order valence-corrected chi connectivity index (χ3v) is 5.28. The van der Waals surface area contributed by atoms with Crippen LogP contribution >= 0.6 is 12.4 Å². The molecule has 0 unspecified atom stereocenters. The molecule has 1 fully saturated rings. The van der Waals surface area contributed by atoms with E-state index in [2.05, 4.69) is 27.2 Å². The maximum absolute atomic E-state index is 12.8. The van der Waals surface area contributed by atoms with Gasteiger partial charge in [-0.3, -0.25) is 10.00 Å². The lowest BCUT2D eigenvalue weighted by Crippen LogP contribution is -2.28. The number of nitrogens with one attached hydrogen (secondary N) is 1. The Hall–Kier alpha value is -2.35. The fourth-order valence-corrected chi connectivity index (χ4v) is 3.84. The van der Waals surface area contributed by atoms with Gasteiger partial charge in [-0.05, 0) is 23.3 Å². The second kappa shape index (κ2) is 8.57. The number of aromatic nitrogens is 2. The number of halogens is 4. The number of alkyl halides is 3. The number of benzene rings is 2. The third kappa shape index (κ3) is 4.63. The summed E-state index contributed by atoms with van der Waals surface area (Å²) < 4.78 is 38.4. The van der Waals surface area contributed by atoms with E-state index >= 15 is 0 Å². The molecular formula is C21H22ClF3N4. The summed E-state index contributed by atoms with van der Waals surface area (Å²) in [5.41, 5.74) is 9.31. The number of hydrogen-bond acceptors (Lipinski definition) is 3. The van der Waals surface area contributed by atoms with Crippen LogP contribution in [-0.4, -0.2) is 34.2 Å². The summed E-state index contributed by atoms with van der Waals surface area (Å²) in [6, 6.07) is 15.4. The van der Waals surface area contributed by atoms with Crippen molar-refractivity contribution < 1.29 is 13.2 Å². The zero-order chi connectivity index (χ0) is 19.7. The standard InChI is InChI=1S/C21H21F3N4.ClH/c22-21(23,24)17-8-6-15(7-9-17)20-16(10-26-27-20)11-28-12-18(19(25)13-28)14-4-2-1-3-5-14;/h1-10,18-19H,11-13,25H2,(H,26,27);1H/t18-,19+;/m0./s1. The van der Waals surface area contributed by atoms with Gasteiger partial charge in [0.25, 0.3) is 0 Å². The van der Waals surface area contributed by atoms with Gasteiger partial charge in [-0.15, -0.1) is 12.4 Å². The van der Waals surface area contributed by atoms with Crippen LogP contribution in [0.15, 0.2) is 60.8 Å². The molecule has 0 saturated carbocycles. The van der Waals surface area contributed by atoms with Crippen LogP contribution in [0.2, 0.25) is 0 Å². The van der Waals surface area contributed by atoms with E-state index in [4.69, 9.17) is 5.73 Å². The van der Waals surface area contributed by atoms with Crippen LogP contribution in [0.4, 0.5) is 13.2 Å². The highest BCUT2D eigenvalue weighted by molar-refractivity contribution is 5.85. The number of nitrogens with zero attached hydrogens (tertiary/aromatic N) is 2. The smallest absolute Gasteiger partial charge is 0.326 e. The predicted octanol–water partition coefficient (Wildman–Crippen LogP) is 4.44. The van der Waals surface area contributed by atoms with Crippen molar-refractivity contribution in [1.29, 1.82) is 0 Å². The molecule has 1 aromatic heterocycles. The maximum atomic E-state index is 12.8. The van der Waals surface area contributed by atoms with E-state index in [1.54, 1.807) is 6.20 Å². The molecule has 2 aromatic carbocycles. The van der Waals surface area contributed by atoms with E-state index < -0.39 is 11.7 Å². The molecule has 0 spiro atoms. The van der Waals surface area contributed by atoms with Crippen LogP contribution in [0.5, 0.6) is 0 Å². The molecule has 4 rings (SSSR count). The van der Waals surface area contributed by atoms with Crippen molar-refractivity contribution in [2.45, 2.75) is 24.7 Å². The average Bonchev–Trinajstić information content (AvgIpc) is 3.28. The minimum atomic E-state index is -4.34. The Labute approximate surface area is 173 Å². The molecule has 1 saturated heterocycles. The van der Waals surface area contributed by atoms with E-state index in [1.165, 1.54) is 17.7 Å². The van der Waals surface area contributed by atoms with Crippen molar-refractivity contribution in [3.8, 4) is 11.3 Å². The first-order valence-corrected chi connectivity index (χ1v) is 9.14. The van der Waals surface area contributed by atoms with Gasteiger partial charge in [0, 0.05) is 37.2 Å². The molecule has 1 aliphatic heterocycles. The number of aromatic amines is 1. The molecule has 8 heteroatoms. The normalized spacial score (nSPS) is 19.9. The molecule has 0 amide bonds. The molecule has 2 heterocycles. The molecule has 0 bridgehead atoms. The molecule has 29 heavy (non-hydrogen) atoms. The number of hydrogen-bond donors (Lipinski definition) is 2. The fraction of sp³-hybridized carbons (Fsp3) is 0.286. The molecule has 0 radical (unpaired) electrons. The molecule has 1 aliphatic rings. The summed E-state index contributed by atoms with van der Waals surface area (Å²) in [5.74, 6) is 0.266. The Morgan fingerprint density at radius 1 is 1.03 bits per heavy atom. The lowest BCUT2D eigenvalue weighted by atomic mass is 9.95. The molecule has 2 atom stereocenters. The first kappa shape index (κ1) is 21.4. The predicted molar refractivity (Wildman–Crippen MR) is 109 cm³/mol. The second-order valence-corrected chi connectivity index (χ2v) is 7.22. The number of H-pyrrole nitrogens is 1. The van der Waals surface area contributed by atoms with Crippen molar-refractivity contribution in [3.05, 3.63) is 77.5 Å². The number of nitrogens with two attached hydrogens (primary N) is 1. The average molecular weight is 423 g/mol. The lowest BCUT2D eigenvalue weighted by molar-refractivity contribution is -0.137. The Kier molecular flexibility index (Phi) is 6.31. The van der Waals surface area contributed by atoms with E-state index in [0.29, 0.717) is 12.1 Å². The van der Waals surface area contributed by atoms with Crippen molar-refractivity contribution >= 4 is 12.4 Å². The van der Waals surface area contributed by atoms with E-state index in [9.17, 15) is 13.2 Å². The quantitative estimate of drug-likeness (QED) is 0.653. The summed E-state index contributed by atoms with van der Waals surface area (Å²) >= 11 is 0. The monoisotopic (exact) mass is 422 g/mol. The van der Waals surface area contributed by atoms with E-state index in [1.807, 2.05) is 18.2 Å². The zero-order valence-corrected chi connectivity index (χ0v) is 16.4. The summed E-state index contributed by atoms with van der Waals surface area (Å²) in [6.45, 7) is 2.24. The van der Waals surface area contributed by atoms with Gasteiger partial charge >= 0.3 is 6.18 Å². The van der Waals surface area contributed by atoms with Crippen LogP contribution in [0.25, 0.3) is 11.3 Å². The molecule has 3 aromatic rings. The van der Waals surface area contributed by atoms with Gasteiger partial charge in [0.2, 0.25) is 0 Å². The summed E-state index contributed by atoms with van der Waals surface area (Å²) in [5, 5.41) is 7.02. The zero-order valence-electron chi connectivity index (χ0n) is 15.6. The van der Waals surface area contributed by atoms with Gasteiger partial charge in [0.1, 0.15) is 0 Å². The molecular weight excluding hydrogens is 401 g/mol. The van der Waals surface area contributed by atoms with Crippen LogP contribution in [0, 0.1) is 0 Å². The van der Waals surface area contributed by atoms with Gasteiger partial charge in [-0.25, -0.2) is 0 Å². The van der Waals surface area contributed by atoms with Crippen LogP contribution in [-0.2, 0) is 12.7 Å². The Balaban J connectivity index is 0.00000240. The Morgan fingerprint density at radius 3 is 2.38 bits per heavy atom. The fourth-order valence-electron chi connectivity index (χ4n) is 3.84. The SMILES string of the molecule is Cl.N[C@@H]1CN(Cc2cn[nH]c2-c2ccc(C(F)(F)F)cc2)C[C@H]1c1ccccc1. The highest BCUT2D eigenvalue weighted by Crippen LogP contribution is 2.32. The number of rotatable bonds is 4. The van der Waals surface area contributed by atoms with Crippen LogP contribution < -0.4 is 5.73 Å². The van der Waals surface area contributed by atoms with Gasteiger partial charge in [0.15, 0.2) is 0 Å². The van der Waals surface area contributed by atoms with Gasteiger partial charge in [-0.2, -0.15) is 18.3 Å². The van der Waals surface area contributed by atoms with Gasteiger partial charge in [-0.1, -0.05) is 42.5 Å². The van der Waals surface area contributed by atoms with Crippen LogP contribution in [0.1, 0.15) is 22.6 Å². The second-order valence-electron chi connectivity index (χ2n) is 7.22. The summed E-state index contributed by atoms with van der Waals surface area (Å²) in [7, 11) is 0. The molecule has 154 valence electrons. The van der Waals surface area contributed by atoms with Crippen molar-refractivity contribution in [2.75, 3.05) is 13.1 Å². The summed E-state index contributed by atoms with van der Waals surface area (Å²) in [4.78, 5) is 2.26. The first-order valence-electron chi connectivity index (χ1n) is 9.14. The Morgan fingerprint density at radius 2 is 1.72 bits per heavy atom. The molecule has 4 nitrogen and oxygen atoms in total. The van der Waals surface area contributed by atoms with Crippen LogP contribution in [0.3, 0.4) is 0 Å². The topological polar surface area (TPSA) is 57.9 Å². The minimum Gasteiger partial charge on any atom is -0.326 e. The lowest BCUT2D eigenvalue weighted by Gasteiger charge is -2.16. The highest BCUT2D eigenvalue weighted by Gasteiger charge is 2.32. The van der Waals surface area contributed by atoms with Gasteiger partial charge in [0.05, 0.1) is 17.5 Å². The van der Waals surface area contributed by atoms with Crippen molar-refractivity contribution in [2.24, 2.45) is 5.73 Å². The summed E-state index contributed by atoms with van der Waals surface area (Å²) in [6.07, 6.45) is -2.61. The minimum absolute atomic E-state index is 0. The highest BCUT2D eigenvalue weighted by atomic mass is 35.5.